The number of phenolic OH excluding ortho intramolecular Hbond substituents is 1. The molecule has 0 radical (unpaired) electrons. The molecule has 4 heterocycles. The Kier molecular flexibility index (Phi) is 5.25. The van der Waals surface area contributed by atoms with Crippen molar-refractivity contribution in [2.45, 2.75) is 67.2 Å². The van der Waals surface area contributed by atoms with Crippen LogP contribution in [0.1, 0.15) is 82.7 Å². The van der Waals surface area contributed by atoms with Gasteiger partial charge in [-0.1, -0.05) is 48.6 Å². The van der Waals surface area contributed by atoms with Crippen LogP contribution < -0.4 is 20.9 Å². The van der Waals surface area contributed by atoms with Gasteiger partial charge < -0.3 is 59.8 Å². The second kappa shape index (κ2) is 10.4. The van der Waals surface area contributed by atoms with E-state index < -0.39 is 79.2 Å². The molecule has 4 saturated heterocycles. The Morgan fingerprint density at radius 2 is 1.26 bits per heavy atom. The maximum atomic E-state index is 15.3. The van der Waals surface area contributed by atoms with Crippen molar-refractivity contribution in [3.63, 3.8) is 0 Å². The number of rotatable bonds is 2. The van der Waals surface area contributed by atoms with Crippen LogP contribution in [0.2, 0.25) is 0 Å². The number of carbonyl (C=O) groups excluding carboxylic acids is 4. The van der Waals surface area contributed by atoms with Crippen LogP contribution in [0.4, 0.5) is 0 Å². The number of ether oxygens (including phenoxy) is 4. The van der Waals surface area contributed by atoms with Crippen LogP contribution in [0, 0.1) is 0 Å². The molecule has 26 rings (SSSR count). The fraction of sp³-hybridized carbons (Fsp3) is 0.182. The van der Waals surface area contributed by atoms with Gasteiger partial charge in [0.15, 0.2) is 67.2 Å². The summed E-state index contributed by atoms with van der Waals surface area (Å²) in [5.41, 5.74) is -12.3. The number of aromatic hydroxyl groups is 1. The Balaban J connectivity index is 0.000000737. The van der Waals surface area contributed by atoms with Gasteiger partial charge in [0.2, 0.25) is 0 Å². The maximum Gasteiger partial charge on any atom is 0.373 e. The predicted octanol–water partition coefficient (Wildman–Crippen LogP) is 0.337. The molecule has 4 aromatic rings. The number of aliphatic carboxylic acids is 1. The number of epoxide rings is 4. The van der Waals surface area contributed by atoms with Gasteiger partial charge in [-0.3, -0.25) is 0 Å². The van der Waals surface area contributed by atoms with Crippen molar-refractivity contribution >= 4 is 71.5 Å². The van der Waals surface area contributed by atoms with Crippen LogP contribution in [0.15, 0.2) is 134 Å². The number of aliphatic hydroxyl groups is 5. The van der Waals surface area contributed by atoms with Crippen molar-refractivity contribution in [3.05, 3.63) is 232 Å². The molecule has 8 N–H and O–H groups in total. The lowest BCUT2D eigenvalue weighted by Crippen LogP contribution is -2.79. The van der Waals surface area contributed by atoms with Gasteiger partial charge in [-0.25, -0.2) is 9.59 Å². The van der Waals surface area contributed by atoms with Crippen LogP contribution in [0.25, 0.3) is 47.3 Å². The van der Waals surface area contributed by atoms with E-state index in [9.17, 15) is 40.2 Å². The minimum absolute atomic E-state index is 0.0361. The average molecular weight is 1100 g/mol. The summed E-state index contributed by atoms with van der Waals surface area (Å²) in [6.07, 6.45) is 20.7. The molecule has 12 atom stereocenters. The molecular formula is C66H24O18. The quantitative estimate of drug-likeness (QED) is 0.126. The fourth-order valence-corrected chi connectivity index (χ4v) is 22.6. The lowest BCUT2D eigenvalue weighted by molar-refractivity contribution is -0.203. The van der Waals surface area contributed by atoms with Gasteiger partial charge in [0.25, 0.3) is 0 Å². The Bertz CT molecular complexity index is 5620. The number of hydrogen-bond donors (Lipinski definition) is 8. The lowest BCUT2D eigenvalue weighted by atomic mass is 9.33. The second-order valence-electron chi connectivity index (χ2n) is 25.6. The topological polar surface area (TPSA) is 314 Å². The molecular weight excluding hydrogens is 1080 g/mol. The number of carbonyl (C=O) groups is 2. The summed E-state index contributed by atoms with van der Waals surface area (Å²) in [6, 6.07) is 8.42. The summed E-state index contributed by atoms with van der Waals surface area (Å²) in [5.74, 6) is -3.00. The first-order valence-corrected chi connectivity index (χ1v) is 27.2. The third-order valence-corrected chi connectivity index (χ3v) is 24.2. The second-order valence-corrected chi connectivity index (χ2v) is 25.6. The molecule has 0 bridgehead atoms. The van der Waals surface area contributed by atoms with Crippen molar-refractivity contribution in [2.75, 3.05) is 0 Å². The smallest absolute Gasteiger partial charge is 0.373 e. The number of hydrogen-bond acceptors (Lipinski definition) is 16. The monoisotopic (exact) mass is 1100 g/mol. The van der Waals surface area contributed by atoms with E-state index in [4.69, 9.17) is 38.1 Å². The standard InChI is InChI=1S/C64H24O14.2CO2/c65-32-12-20-9-21-6-2-18-3-7-23-10-19-11-30-39-34-35-45-47-42-29(15-24-14-28(32)41-38(20)55(73)50(46(35)58(41)56(24,47)75-58)61(36(19)34)57(23,76-61)49(18)54(21,55)72)33(52(69)70)25-8-4-17-1-5-22-13-26-27(51(67)68)16-31(48(30)66)43-44(26)62(74)53(22,71)37(17)40(25)60(42)64(62,78-60)63(45)59(39,43)77-63;2*2-1-3/h1-16,65-66,71-74H,(H,67,68)(H,69,70);;. The van der Waals surface area contributed by atoms with Gasteiger partial charge in [-0.05, 0) is 120 Å². The number of phenols is 1. The zero-order chi connectivity index (χ0) is 56.3. The van der Waals surface area contributed by atoms with Crippen LogP contribution >= 0.6 is 0 Å². The van der Waals surface area contributed by atoms with E-state index >= 15 is 10.2 Å². The zero-order valence-electron chi connectivity index (χ0n) is 41.9. The third-order valence-electron chi connectivity index (χ3n) is 24.2. The van der Waals surface area contributed by atoms with Crippen molar-refractivity contribution in [1.29, 1.82) is 0 Å². The van der Waals surface area contributed by atoms with E-state index in [1.54, 1.807) is 36.4 Å². The maximum absolute atomic E-state index is 15.3. The van der Waals surface area contributed by atoms with Crippen molar-refractivity contribution in [1.82, 2.24) is 0 Å². The number of benzene rings is 4. The summed E-state index contributed by atoms with van der Waals surface area (Å²) < 4.78 is 31.7. The van der Waals surface area contributed by atoms with E-state index in [0.717, 1.165) is 0 Å². The molecule has 5 fully saturated rings. The molecule has 12 unspecified atom stereocenters. The van der Waals surface area contributed by atoms with Crippen LogP contribution in [0.5, 0.6) is 5.75 Å². The highest BCUT2D eigenvalue weighted by molar-refractivity contribution is 6.21. The van der Waals surface area contributed by atoms with Gasteiger partial charge in [0, 0.05) is 94.3 Å². The van der Waals surface area contributed by atoms with E-state index in [1.807, 2.05) is 54.7 Å². The first kappa shape index (κ1) is 42.3. The normalized spacial score (nSPS) is 42.5. The molecule has 22 aliphatic rings. The average Bonchev–Trinajstić information content (AvgIpc) is 1.35. The minimum Gasteiger partial charge on any atom is -0.507 e. The summed E-state index contributed by atoms with van der Waals surface area (Å²) >= 11 is 0. The Labute approximate surface area is 463 Å². The lowest BCUT2D eigenvalue weighted by Gasteiger charge is -2.66. The Morgan fingerprint density at radius 3 is 2.04 bits per heavy atom. The fourth-order valence-electron chi connectivity index (χ4n) is 22.6. The molecule has 1 saturated carbocycles. The third kappa shape index (κ3) is 2.76. The largest absolute Gasteiger partial charge is 0.507 e. The summed E-state index contributed by atoms with van der Waals surface area (Å²) in [6.45, 7) is 0. The van der Waals surface area contributed by atoms with Gasteiger partial charge >= 0.3 is 24.2 Å². The number of allylic oxidation sites excluding steroid dienone is 4. The van der Waals surface area contributed by atoms with Crippen molar-refractivity contribution < 1.29 is 88.6 Å². The molecule has 18 heteroatoms. The minimum atomic E-state index is -2.65. The van der Waals surface area contributed by atoms with E-state index in [2.05, 4.69) is 0 Å². The molecule has 4 aromatic carbocycles. The molecule has 0 amide bonds. The first-order valence-electron chi connectivity index (χ1n) is 27.2. The van der Waals surface area contributed by atoms with Crippen LogP contribution in [-0.2, 0) is 82.1 Å². The van der Waals surface area contributed by atoms with E-state index in [-0.39, 0.29) is 78.4 Å². The molecule has 0 aromatic heterocycles. The molecule has 84 heavy (non-hydrogen) atoms. The molecule has 18 nitrogen and oxygen atoms in total. The predicted molar refractivity (Wildman–Crippen MR) is 272 cm³/mol. The molecule has 8 spiro atoms. The van der Waals surface area contributed by atoms with Crippen LogP contribution in [-0.4, -0.2) is 93.1 Å². The highest BCUT2D eigenvalue weighted by Gasteiger charge is 3.10. The van der Waals surface area contributed by atoms with Gasteiger partial charge in [-0.2, -0.15) is 19.2 Å². The molecule has 18 aliphatic carbocycles. The van der Waals surface area contributed by atoms with Gasteiger partial charge in [0.05, 0.1) is 11.1 Å². The van der Waals surface area contributed by atoms with E-state index in [0.29, 0.717) is 122 Å². The Hall–Kier alpha value is -9.52. The van der Waals surface area contributed by atoms with E-state index in [1.165, 1.54) is 6.07 Å². The number of aliphatic hydroxyl groups excluding tert-OH is 1. The number of carboxylic acid groups (broad SMARTS) is 2. The van der Waals surface area contributed by atoms with Gasteiger partial charge in [-0.15, -0.1) is 0 Å². The Morgan fingerprint density at radius 1 is 0.524 bits per heavy atom. The number of carboxylic acids is 2. The zero-order valence-corrected chi connectivity index (χ0v) is 41.9. The SMILES string of the molecule is O=C(O)C1=c2ccc3c4c2C25OC26C27OC28c2c(cc9c%10c2C2=C7C7=C5C1=CC1=Cc5c(O)cc%11c%12c5C5(OC175)C2=C1C%12(O)C2(O)C(=C%11)C=CC5=C2C2(OC1%102)C(=C9)C=C5)C(O)=c1cc(C(=O)O)c2c(c18)C6(O)C4(O)C(=CC=3)C=2.O=C=O.O=C=O. The first-order chi connectivity index (χ1) is 40.4. The highest BCUT2D eigenvalue weighted by atomic mass is 16.7. The summed E-state index contributed by atoms with van der Waals surface area (Å²) in [7, 11) is 0. The molecule has 396 valence electrons. The van der Waals surface area contributed by atoms with Crippen molar-refractivity contribution in [3.8, 4) is 5.75 Å². The van der Waals surface area contributed by atoms with Crippen LogP contribution in [0.3, 0.4) is 0 Å². The summed E-state index contributed by atoms with van der Waals surface area (Å²) in [4.78, 5) is 60.9. The van der Waals surface area contributed by atoms with Gasteiger partial charge in [0.1, 0.15) is 11.5 Å². The van der Waals surface area contributed by atoms with Crippen molar-refractivity contribution in [2.24, 2.45) is 0 Å². The summed E-state index contributed by atoms with van der Waals surface area (Å²) in [5, 5.41) is 110. The highest BCUT2D eigenvalue weighted by Crippen LogP contribution is 3.00. The molecule has 4 aliphatic heterocycles. The number of aromatic carboxylic acids is 1.